The maximum Gasteiger partial charge on any atom is 0.341 e. The van der Waals surface area contributed by atoms with Crippen molar-refractivity contribution in [2.75, 3.05) is 20.3 Å². The Hall–Kier alpha value is -2.82. The average molecular weight is 554 g/mol. The highest BCUT2D eigenvalue weighted by atomic mass is 127. The number of aryl methyl sites for hydroxylation is 2. The number of carbonyl (C=O) groups is 2. The number of carboxylic acids is 1. The number of methoxy groups -OCH3 is 1. The third-order valence-electron chi connectivity index (χ3n) is 4.47. The van der Waals surface area contributed by atoms with Crippen molar-refractivity contribution < 1.29 is 28.9 Å². The van der Waals surface area contributed by atoms with Crippen LogP contribution in [0.25, 0.3) is 0 Å². The molecule has 0 aliphatic carbocycles. The molecule has 2 N–H and O–H groups in total. The molecular formula is C23H27IN2O6. The van der Waals surface area contributed by atoms with Crippen LogP contribution >= 0.6 is 22.6 Å². The van der Waals surface area contributed by atoms with Crippen LogP contribution in [0.5, 0.6) is 17.2 Å². The second kappa shape index (κ2) is 12.9. The van der Waals surface area contributed by atoms with Gasteiger partial charge >= 0.3 is 5.97 Å². The minimum absolute atomic E-state index is 0.173. The van der Waals surface area contributed by atoms with Crippen molar-refractivity contribution in [1.29, 1.82) is 0 Å². The van der Waals surface area contributed by atoms with Gasteiger partial charge in [0.05, 0.1) is 23.5 Å². The van der Waals surface area contributed by atoms with Crippen LogP contribution in [0.4, 0.5) is 0 Å². The Bertz CT molecular complexity index is 977. The normalized spacial score (nSPS) is 10.8. The van der Waals surface area contributed by atoms with Crippen LogP contribution in [0.2, 0.25) is 0 Å². The lowest BCUT2D eigenvalue weighted by Gasteiger charge is -2.13. The summed E-state index contributed by atoms with van der Waals surface area (Å²) in [6.07, 6.45) is 3.36. The maximum atomic E-state index is 12.1. The number of hydrogen-bond donors (Lipinski definition) is 2. The lowest BCUT2D eigenvalue weighted by molar-refractivity contribution is -0.139. The minimum atomic E-state index is -1.07. The first-order valence-corrected chi connectivity index (χ1v) is 11.2. The molecule has 1 amide bonds. The van der Waals surface area contributed by atoms with Crippen LogP contribution in [0.3, 0.4) is 0 Å². The van der Waals surface area contributed by atoms with E-state index in [1.807, 2.05) is 54.6 Å². The van der Waals surface area contributed by atoms with E-state index in [1.165, 1.54) is 11.8 Å². The molecule has 0 bridgehead atoms. The fourth-order valence-corrected chi connectivity index (χ4v) is 3.73. The number of nitrogens with one attached hydrogen (secondary N) is 1. The van der Waals surface area contributed by atoms with E-state index in [1.54, 1.807) is 19.2 Å². The van der Waals surface area contributed by atoms with Gasteiger partial charge in [-0.2, -0.15) is 5.10 Å². The molecule has 2 rings (SSSR count). The zero-order valence-electron chi connectivity index (χ0n) is 18.3. The number of carboxylic acid groups (broad SMARTS) is 1. The van der Waals surface area contributed by atoms with Gasteiger partial charge < -0.3 is 19.3 Å². The second-order valence-corrected chi connectivity index (χ2v) is 8.05. The van der Waals surface area contributed by atoms with Crippen molar-refractivity contribution in [1.82, 2.24) is 5.43 Å². The fraction of sp³-hybridized carbons (Fsp3) is 0.348. The molecule has 0 aromatic heterocycles. The van der Waals surface area contributed by atoms with E-state index in [2.05, 4.69) is 10.5 Å². The Balaban J connectivity index is 1.91. The zero-order chi connectivity index (χ0) is 23.5. The molecule has 8 nitrogen and oxygen atoms in total. The number of carbonyl (C=O) groups excluding carboxylic acids is 1. The molecule has 0 aliphatic heterocycles. The van der Waals surface area contributed by atoms with E-state index >= 15 is 0 Å². The third-order valence-corrected chi connectivity index (χ3v) is 5.28. The fourth-order valence-electron chi connectivity index (χ4n) is 2.95. The lowest BCUT2D eigenvalue weighted by atomic mass is 10.0. The van der Waals surface area contributed by atoms with Gasteiger partial charge in [0.2, 0.25) is 5.91 Å². The molecule has 32 heavy (non-hydrogen) atoms. The molecule has 0 radical (unpaired) electrons. The number of amides is 1. The predicted octanol–water partition coefficient (Wildman–Crippen LogP) is 3.94. The Labute approximate surface area is 201 Å². The Kier molecular flexibility index (Phi) is 10.3. The monoisotopic (exact) mass is 554 g/mol. The zero-order valence-corrected chi connectivity index (χ0v) is 20.5. The van der Waals surface area contributed by atoms with Crippen LogP contribution < -0.4 is 19.6 Å². The van der Waals surface area contributed by atoms with Gasteiger partial charge in [-0.05, 0) is 90.2 Å². The number of hydrazone groups is 1. The molecule has 0 spiro atoms. The van der Waals surface area contributed by atoms with E-state index in [0.29, 0.717) is 40.1 Å². The second-order valence-electron chi connectivity index (χ2n) is 6.88. The van der Waals surface area contributed by atoms with Gasteiger partial charge in [-0.25, -0.2) is 10.2 Å². The van der Waals surface area contributed by atoms with E-state index in [0.717, 1.165) is 17.7 Å². The molecule has 172 valence electrons. The number of rotatable bonds is 12. The quantitative estimate of drug-likeness (QED) is 0.234. The van der Waals surface area contributed by atoms with Crippen LogP contribution in [-0.2, 0) is 16.0 Å². The van der Waals surface area contributed by atoms with Crippen molar-refractivity contribution in [3.05, 3.63) is 50.6 Å². The Morgan fingerprint density at radius 2 is 2.00 bits per heavy atom. The molecule has 0 aliphatic rings. The number of nitrogens with zero attached hydrogens (tertiary/aromatic N) is 1. The summed E-state index contributed by atoms with van der Waals surface area (Å²) in [5.41, 5.74) is 5.55. The third kappa shape index (κ3) is 8.03. The molecule has 2 aromatic carbocycles. The summed E-state index contributed by atoms with van der Waals surface area (Å²) in [5, 5.41) is 12.9. The van der Waals surface area contributed by atoms with Crippen molar-refractivity contribution in [3.63, 3.8) is 0 Å². The largest absolute Gasteiger partial charge is 0.497 e. The molecule has 0 atom stereocenters. The minimum Gasteiger partial charge on any atom is -0.497 e. The van der Waals surface area contributed by atoms with Crippen molar-refractivity contribution >= 4 is 40.7 Å². The summed E-state index contributed by atoms with van der Waals surface area (Å²) in [5.74, 6) is 0.363. The van der Waals surface area contributed by atoms with Crippen molar-refractivity contribution in [2.45, 2.75) is 33.1 Å². The SMILES string of the molecule is CCOc1cc(/C=N\NC(=O)CCCc2ccc(OC)cc2C)cc(I)c1OCC(=O)O. The number of halogens is 1. The first-order chi connectivity index (χ1) is 15.3. The van der Waals surface area contributed by atoms with Crippen molar-refractivity contribution in [2.24, 2.45) is 5.10 Å². The first-order valence-electron chi connectivity index (χ1n) is 10.1. The first kappa shape index (κ1) is 25.4. The van der Waals surface area contributed by atoms with E-state index in [-0.39, 0.29) is 5.91 Å². The van der Waals surface area contributed by atoms with Crippen LogP contribution in [0.1, 0.15) is 36.5 Å². The Morgan fingerprint density at radius 3 is 2.66 bits per heavy atom. The van der Waals surface area contributed by atoms with Crippen LogP contribution in [0.15, 0.2) is 35.4 Å². The average Bonchev–Trinajstić information content (AvgIpc) is 2.74. The van der Waals surface area contributed by atoms with Gasteiger partial charge in [0, 0.05) is 6.42 Å². The lowest BCUT2D eigenvalue weighted by Crippen LogP contribution is -2.17. The van der Waals surface area contributed by atoms with E-state index in [4.69, 9.17) is 19.3 Å². The highest BCUT2D eigenvalue weighted by molar-refractivity contribution is 14.1. The molecule has 0 saturated heterocycles. The molecule has 9 heteroatoms. The smallest absolute Gasteiger partial charge is 0.341 e. The molecule has 0 saturated carbocycles. The highest BCUT2D eigenvalue weighted by Crippen LogP contribution is 2.33. The molecule has 0 fully saturated rings. The molecular weight excluding hydrogens is 527 g/mol. The van der Waals surface area contributed by atoms with E-state index < -0.39 is 12.6 Å². The number of benzene rings is 2. The summed E-state index contributed by atoms with van der Waals surface area (Å²) < 4.78 is 16.8. The van der Waals surface area contributed by atoms with Crippen LogP contribution in [-0.4, -0.2) is 43.5 Å². The highest BCUT2D eigenvalue weighted by Gasteiger charge is 2.13. The summed E-state index contributed by atoms with van der Waals surface area (Å²) >= 11 is 2.04. The standard InChI is InChI=1S/C23H27IN2O6/c1-4-31-20-12-16(11-19(24)23(20)32-14-22(28)29)13-25-26-21(27)7-5-6-17-8-9-18(30-3)10-15(17)2/h8-13H,4-7,14H2,1-3H3,(H,26,27)(H,28,29)/b25-13-. The summed E-state index contributed by atoms with van der Waals surface area (Å²) in [6.45, 7) is 3.78. The van der Waals surface area contributed by atoms with Gasteiger partial charge in [0.25, 0.3) is 0 Å². The Morgan fingerprint density at radius 1 is 1.22 bits per heavy atom. The van der Waals surface area contributed by atoms with Crippen molar-refractivity contribution in [3.8, 4) is 17.2 Å². The predicted molar refractivity (Wildman–Crippen MR) is 130 cm³/mol. The van der Waals surface area contributed by atoms with Gasteiger partial charge in [0.15, 0.2) is 18.1 Å². The maximum absolute atomic E-state index is 12.1. The molecule has 0 heterocycles. The van der Waals surface area contributed by atoms with Gasteiger partial charge in [-0.15, -0.1) is 0 Å². The molecule has 0 unspecified atom stereocenters. The number of hydrogen-bond acceptors (Lipinski definition) is 6. The van der Waals surface area contributed by atoms with Gasteiger partial charge in [-0.3, -0.25) is 4.79 Å². The summed E-state index contributed by atoms with van der Waals surface area (Å²) in [7, 11) is 1.64. The van der Waals surface area contributed by atoms with Gasteiger partial charge in [-0.1, -0.05) is 6.07 Å². The topological polar surface area (TPSA) is 106 Å². The molecule has 2 aromatic rings. The van der Waals surface area contributed by atoms with Gasteiger partial charge in [0.1, 0.15) is 5.75 Å². The number of ether oxygens (including phenoxy) is 3. The summed E-state index contributed by atoms with van der Waals surface area (Å²) in [6, 6.07) is 9.37. The van der Waals surface area contributed by atoms with E-state index in [9.17, 15) is 9.59 Å². The summed E-state index contributed by atoms with van der Waals surface area (Å²) in [4.78, 5) is 22.9. The number of aliphatic carboxylic acids is 1. The van der Waals surface area contributed by atoms with Crippen LogP contribution in [0, 0.1) is 10.5 Å².